The van der Waals surface area contributed by atoms with E-state index in [2.05, 4.69) is 30.1 Å². The van der Waals surface area contributed by atoms with Gasteiger partial charge in [-0.25, -0.2) is 4.98 Å². The van der Waals surface area contributed by atoms with Gasteiger partial charge in [-0.3, -0.25) is 0 Å². The van der Waals surface area contributed by atoms with Gasteiger partial charge in [0, 0.05) is 10.6 Å². The fourth-order valence-corrected chi connectivity index (χ4v) is 2.56. The molecule has 0 aliphatic rings. The first kappa shape index (κ1) is 11.7. The van der Waals surface area contributed by atoms with Crippen molar-refractivity contribution in [2.45, 2.75) is 23.8 Å². The summed E-state index contributed by atoms with van der Waals surface area (Å²) >= 11 is 1.58. The smallest absolute Gasteiger partial charge is 0.102 e. The Hall–Kier alpha value is -1.79. The van der Waals surface area contributed by atoms with E-state index in [1.54, 1.807) is 17.8 Å². The number of hydrogen-bond donors (Lipinski definition) is 0. The second kappa shape index (κ2) is 5.03. The van der Waals surface area contributed by atoms with Crippen LogP contribution in [0, 0.1) is 25.2 Å². The van der Waals surface area contributed by atoms with Crippen molar-refractivity contribution >= 4 is 11.8 Å². The van der Waals surface area contributed by atoms with Gasteiger partial charge in [-0.2, -0.15) is 5.26 Å². The fraction of sp³-hybridized carbons (Fsp3) is 0.143. The zero-order valence-corrected chi connectivity index (χ0v) is 10.6. The first-order valence-electron chi connectivity index (χ1n) is 5.31. The lowest BCUT2D eigenvalue weighted by Crippen LogP contribution is -1.87. The molecule has 2 rings (SSSR count). The van der Waals surface area contributed by atoms with Crippen LogP contribution in [0.3, 0.4) is 0 Å². The minimum atomic E-state index is 0.660. The van der Waals surface area contributed by atoms with E-state index in [9.17, 15) is 0 Å². The summed E-state index contributed by atoms with van der Waals surface area (Å²) in [4.78, 5) is 5.56. The van der Waals surface area contributed by atoms with E-state index in [0.717, 1.165) is 15.6 Å². The quantitative estimate of drug-likeness (QED) is 0.802. The number of nitrogens with zero attached hydrogens (tertiary/aromatic N) is 2. The van der Waals surface area contributed by atoms with Crippen LogP contribution in [0.15, 0.2) is 46.3 Å². The molecule has 0 amide bonds. The van der Waals surface area contributed by atoms with Crippen LogP contribution in [0.4, 0.5) is 0 Å². The maximum Gasteiger partial charge on any atom is 0.102 e. The Morgan fingerprint density at radius 1 is 1.18 bits per heavy atom. The average molecular weight is 240 g/mol. The first-order chi connectivity index (χ1) is 8.17. The maximum atomic E-state index is 8.91. The van der Waals surface area contributed by atoms with Gasteiger partial charge in [0.05, 0.1) is 11.6 Å². The predicted molar refractivity (Wildman–Crippen MR) is 69.0 cm³/mol. The Bertz CT molecular complexity index is 585. The Kier molecular flexibility index (Phi) is 3.46. The van der Waals surface area contributed by atoms with E-state index in [1.807, 2.05) is 25.1 Å². The molecule has 2 nitrogen and oxygen atoms in total. The summed E-state index contributed by atoms with van der Waals surface area (Å²) in [7, 11) is 0. The molecular formula is C14H12N2S. The molecule has 3 heteroatoms. The van der Waals surface area contributed by atoms with Crippen LogP contribution in [0.1, 0.15) is 16.8 Å². The molecule has 0 saturated heterocycles. The van der Waals surface area contributed by atoms with Crippen LogP contribution in [-0.2, 0) is 0 Å². The van der Waals surface area contributed by atoms with Crippen molar-refractivity contribution in [3.8, 4) is 6.07 Å². The summed E-state index contributed by atoms with van der Waals surface area (Å²) in [5.41, 5.74) is 2.76. The zero-order chi connectivity index (χ0) is 12.3. The van der Waals surface area contributed by atoms with Crippen LogP contribution >= 0.6 is 11.8 Å². The summed E-state index contributed by atoms with van der Waals surface area (Å²) in [5.74, 6) is 0. The van der Waals surface area contributed by atoms with Crippen molar-refractivity contribution in [3.05, 3.63) is 53.2 Å². The van der Waals surface area contributed by atoms with Crippen molar-refractivity contribution in [1.82, 2.24) is 4.98 Å². The second-order valence-corrected chi connectivity index (χ2v) is 4.96. The highest BCUT2D eigenvalue weighted by Gasteiger charge is 2.02. The molecule has 0 atom stereocenters. The molecule has 0 fully saturated rings. The van der Waals surface area contributed by atoms with Gasteiger partial charge in [0.25, 0.3) is 0 Å². The van der Waals surface area contributed by atoms with Crippen LogP contribution in [0.25, 0.3) is 0 Å². The lowest BCUT2D eigenvalue weighted by atomic mass is 10.2. The summed E-state index contributed by atoms with van der Waals surface area (Å²) in [5, 5.41) is 9.78. The van der Waals surface area contributed by atoms with Crippen LogP contribution in [0.5, 0.6) is 0 Å². The molecule has 0 radical (unpaired) electrons. The van der Waals surface area contributed by atoms with Gasteiger partial charge in [-0.15, -0.1) is 0 Å². The normalized spacial score (nSPS) is 9.94. The molecular weight excluding hydrogens is 228 g/mol. The Balaban J connectivity index is 2.30. The number of benzene rings is 1. The molecule has 17 heavy (non-hydrogen) atoms. The molecule has 1 aromatic carbocycles. The fourth-order valence-electron chi connectivity index (χ4n) is 1.55. The maximum absolute atomic E-state index is 8.91. The number of hydrogen-bond acceptors (Lipinski definition) is 3. The van der Waals surface area contributed by atoms with Gasteiger partial charge in [-0.05, 0) is 38.1 Å². The molecule has 0 unspecified atom stereocenters. The second-order valence-electron chi connectivity index (χ2n) is 3.87. The molecule has 1 aromatic heterocycles. The van der Waals surface area contributed by atoms with E-state index in [0.29, 0.717) is 5.56 Å². The van der Waals surface area contributed by atoms with E-state index in [4.69, 9.17) is 5.26 Å². The third-order valence-electron chi connectivity index (χ3n) is 2.27. The van der Waals surface area contributed by atoms with Gasteiger partial charge in [-0.1, -0.05) is 29.5 Å². The minimum Gasteiger partial charge on any atom is -0.246 e. The molecule has 0 spiro atoms. The molecule has 0 bridgehead atoms. The average Bonchev–Trinajstić information content (AvgIpc) is 2.28. The highest BCUT2D eigenvalue weighted by Crippen LogP contribution is 2.27. The van der Waals surface area contributed by atoms with Crippen molar-refractivity contribution in [1.29, 1.82) is 5.26 Å². The molecule has 2 aromatic rings. The van der Waals surface area contributed by atoms with Crippen molar-refractivity contribution in [2.24, 2.45) is 0 Å². The molecule has 84 valence electrons. The largest absolute Gasteiger partial charge is 0.246 e. The molecule has 0 N–H and O–H groups in total. The van der Waals surface area contributed by atoms with Crippen LogP contribution in [0.2, 0.25) is 0 Å². The van der Waals surface area contributed by atoms with Gasteiger partial charge in [0.2, 0.25) is 0 Å². The predicted octanol–water partition coefficient (Wildman–Crippen LogP) is 3.72. The topological polar surface area (TPSA) is 36.7 Å². The highest BCUT2D eigenvalue weighted by molar-refractivity contribution is 7.99. The summed E-state index contributed by atoms with van der Waals surface area (Å²) < 4.78 is 0. The lowest BCUT2D eigenvalue weighted by Gasteiger charge is -2.03. The standard InChI is InChI=1S/C14H12N2S/c1-10-4-3-5-13(6-10)17-14-8-12(9-15)7-11(2)16-14/h3-8H,1-2H3. The van der Waals surface area contributed by atoms with Gasteiger partial charge in [0.1, 0.15) is 5.03 Å². The summed E-state index contributed by atoms with van der Waals surface area (Å²) in [6.07, 6.45) is 0. The molecule has 0 aliphatic carbocycles. The van der Waals surface area contributed by atoms with E-state index in [-0.39, 0.29) is 0 Å². The first-order valence-corrected chi connectivity index (χ1v) is 6.12. The zero-order valence-electron chi connectivity index (χ0n) is 9.77. The third kappa shape index (κ3) is 3.08. The van der Waals surface area contributed by atoms with Gasteiger partial charge >= 0.3 is 0 Å². The Morgan fingerprint density at radius 2 is 2.00 bits per heavy atom. The highest BCUT2D eigenvalue weighted by atomic mass is 32.2. The van der Waals surface area contributed by atoms with Crippen molar-refractivity contribution < 1.29 is 0 Å². The number of pyridine rings is 1. The van der Waals surface area contributed by atoms with E-state index < -0.39 is 0 Å². The number of rotatable bonds is 2. The third-order valence-corrected chi connectivity index (χ3v) is 3.18. The number of aryl methyl sites for hydroxylation is 2. The SMILES string of the molecule is Cc1cccc(Sc2cc(C#N)cc(C)n2)c1. The lowest BCUT2D eigenvalue weighted by molar-refractivity contribution is 1.06. The molecule has 0 aliphatic heterocycles. The van der Waals surface area contributed by atoms with E-state index >= 15 is 0 Å². The minimum absolute atomic E-state index is 0.660. The molecule has 1 heterocycles. The van der Waals surface area contributed by atoms with Gasteiger partial charge in [0.15, 0.2) is 0 Å². The number of aromatic nitrogens is 1. The van der Waals surface area contributed by atoms with Crippen LogP contribution in [-0.4, -0.2) is 4.98 Å². The van der Waals surface area contributed by atoms with E-state index in [1.165, 1.54) is 5.56 Å². The Morgan fingerprint density at radius 3 is 2.71 bits per heavy atom. The van der Waals surface area contributed by atoms with Crippen molar-refractivity contribution in [3.63, 3.8) is 0 Å². The van der Waals surface area contributed by atoms with Crippen LogP contribution < -0.4 is 0 Å². The Labute approximate surface area is 105 Å². The summed E-state index contributed by atoms with van der Waals surface area (Å²) in [6, 6.07) is 14.0. The monoisotopic (exact) mass is 240 g/mol. The van der Waals surface area contributed by atoms with Crippen molar-refractivity contribution in [2.75, 3.05) is 0 Å². The summed E-state index contributed by atoms with van der Waals surface area (Å²) in [6.45, 7) is 3.97. The molecule has 0 saturated carbocycles. The number of nitriles is 1. The van der Waals surface area contributed by atoms with Gasteiger partial charge < -0.3 is 0 Å².